The number of hydrogen-bond donors (Lipinski definition) is 0. The van der Waals surface area contributed by atoms with Gasteiger partial charge in [-0.05, 0) is 42.7 Å². The predicted molar refractivity (Wildman–Crippen MR) is 110 cm³/mol. The van der Waals surface area contributed by atoms with E-state index >= 15 is 0 Å². The molecule has 1 fully saturated rings. The quantitative estimate of drug-likeness (QED) is 0.610. The van der Waals surface area contributed by atoms with Crippen LogP contribution < -0.4 is 5.43 Å². The zero-order chi connectivity index (χ0) is 20.2. The lowest BCUT2D eigenvalue weighted by Crippen LogP contribution is -2.37. The fraction of sp³-hybridized carbons (Fsp3) is 0.333. The van der Waals surface area contributed by atoms with Crippen LogP contribution in [0.2, 0.25) is 0 Å². The lowest BCUT2D eigenvalue weighted by molar-refractivity contribution is -0.137. The van der Waals surface area contributed by atoms with E-state index in [0.29, 0.717) is 23.1 Å². The fourth-order valence-electron chi connectivity index (χ4n) is 4.06. The molecule has 0 atom stereocenters. The van der Waals surface area contributed by atoms with Crippen LogP contribution in [0.25, 0.3) is 11.0 Å². The second-order valence-corrected chi connectivity index (χ2v) is 7.74. The van der Waals surface area contributed by atoms with Crippen molar-refractivity contribution >= 4 is 16.9 Å². The van der Waals surface area contributed by atoms with E-state index < -0.39 is 0 Å². The van der Waals surface area contributed by atoms with Gasteiger partial charge >= 0.3 is 0 Å². The largest absolute Gasteiger partial charge is 0.464 e. The SMILES string of the molecule is O=C(C1CCCCC1)N(Cc1ccc(F)cc1)Cc1coc2ccccc2c1=O. The summed E-state index contributed by atoms with van der Waals surface area (Å²) in [7, 11) is 0. The Morgan fingerprint density at radius 2 is 1.72 bits per heavy atom. The Morgan fingerprint density at radius 1 is 1.00 bits per heavy atom. The first-order valence-corrected chi connectivity index (χ1v) is 10.1. The van der Waals surface area contributed by atoms with Gasteiger partial charge in [0.2, 0.25) is 5.91 Å². The molecule has 150 valence electrons. The van der Waals surface area contributed by atoms with Crippen molar-refractivity contribution in [2.45, 2.75) is 45.2 Å². The molecule has 1 saturated carbocycles. The van der Waals surface area contributed by atoms with Gasteiger partial charge in [-0.3, -0.25) is 9.59 Å². The van der Waals surface area contributed by atoms with Crippen molar-refractivity contribution in [1.82, 2.24) is 4.90 Å². The number of halogens is 1. The Bertz CT molecular complexity index is 1050. The molecule has 2 aromatic carbocycles. The molecule has 4 nitrogen and oxygen atoms in total. The molecule has 1 heterocycles. The molecule has 0 radical (unpaired) electrons. The minimum atomic E-state index is -0.311. The van der Waals surface area contributed by atoms with Crippen LogP contribution in [0.4, 0.5) is 4.39 Å². The lowest BCUT2D eigenvalue weighted by Gasteiger charge is -2.29. The molecule has 29 heavy (non-hydrogen) atoms. The zero-order valence-electron chi connectivity index (χ0n) is 16.3. The summed E-state index contributed by atoms with van der Waals surface area (Å²) in [5.41, 5.74) is 1.70. The molecule has 0 bridgehead atoms. The Balaban J connectivity index is 1.64. The van der Waals surface area contributed by atoms with Crippen LogP contribution in [0.15, 0.2) is 64.0 Å². The van der Waals surface area contributed by atoms with Crippen molar-refractivity contribution in [2.24, 2.45) is 5.92 Å². The fourth-order valence-corrected chi connectivity index (χ4v) is 4.06. The summed E-state index contributed by atoms with van der Waals surface area (Å²) >= 11 is 0. The third kappa shape index (κ3) is 4.39. The molecule has 1 aromatic heterocycles. The van der Waals surface area contributed by atoms with Crippen LogP contribution in [0, 0.1) is 11.7 Å². The Kier molecular flexibility index (Phi) is 5.74. The molecule has 3 aromatic rings. The van der Waals surface area contributed by atoms with Gasteiger partial charge in [0, 0.05) is 12.5 Å². The van der Waals surface area contributed by atoms with E-state index in [9.17, 15) is 14.0 Å². The average molecular weight is 393 g/mol. The third-order valence-electron chi connectivity index (χ3n) is 5.67. The average Bonchev–Trinajstić information content (AvgIpc) is 2.77. The van der Waals surface area contributed by atoms with Crippen LogP contribution in [-0.2, 0) is 17.9 Å². The summed E-state index contributed by atoms with van der Waals surface area (Å²) in [6, 6.07) is 13.2. The second kappa shape index (κ2) is 8.60. The van der Waals surface area contributed by atoms with Gasteiger partial charge in [0.15, 0.2) is 5.43 Å². The zero-order valence-corrected chi connectivity index (χ0v) is 16.3. The minimum Gasteiger partial charge on any atom is -0.464 e. The molecule has 0 aliphatic heterocycles. The number of hydrogen-bond acceptors (Lipinski definition) is 3. The van der Waals surface area contributed by atoms with Crippen LogP contribution in [0.3, 0.4) is 0 Å². The minimum absolute atomic E-state index is 0.0169. The molecule has 4 rings (SSSR count). The number of carbonyl (C=O) groups excluding carboxylic acids is 1. The first-order chi connectivity index (χ1) is 14.1. The standard InChI is InChI=1S/C24H24FNO3/c25-20-12-10-17(11-13-20)14-26(24(28)18-6-2-1-3-7-18)15-19-16-29-22-9-5-4-8-21(22)23(19)27/h4-5,8-13,16,18H,1-3,6-7,14-15H2. The van der Waals surface area contributed by atoms with Crippen LogP contribution >= 0.6 is 0 Å². The van der Waals surface area contributed by atoms with Crippen LogP contribution in [0.5, 0.6) is 0 Å². The third-order valence-corrected chi connectivity index (χ3v) is 5.67. The number of carbonyl (C=O) groups is 1. The number of benzene rings is 2. The second-order valence-electron chi connectivity index (χ2n) is 7.74. The smallest absolute Gasteiger partial charge is 0.226 e. The number of amides is 1. The summed E-state index contributed by atoms with van der Waals surface area (Å²) in [6.45, 7) is 0.516. The van der Waals surface area contributed by atoms with E-state index in [1.807, 2.05) is 6.07 Å². The first-order valence-electron chi connectivity index (χ1n) is 10.1. The maximum absolute atomic E-state index is 13.3. The summed E-state index contributed by atoms with van der Waals surface area (Å²) in [5.74, 6) is -0.271. The maximum atomic E-state index is 13.3. The van der Waals surface area contributed by atoms with Crippen molar-refractivity contribution in [3.05, 3.63) is 82.0 Å². The molecule has 1 aliphatic carbocycles. The number of para-hydroxylation sites is 1. The molecule has 0 N–H and O–H groups in total. The van der Waals surface area contributed by atoms with Crippen molar-refractivity contribution in [3.63, 3.8) is 0 Å². The number of rotatable bonds is 5. The highest BCUT2D eigenvalue weighted by Crippen LogP contribution is 2.27. The van der Waals surface area contributed by atoms with Gasteiger partial charge in [0.25, 0.3) is 0 Å². The van der Waals surface area contributed by atoms with E-state index in [0.717, 1.165) is 37.7 Å². The summed E-state index contributed by atoms with van der Waals surface area (Å²) < 4.78 is 18.9. The van der Waals surface area contributed by atoms with Crippen molar-refractivity contribution in [3.8, 4) is 0 Å². The van der Waals surface area contributed by atoms with Crippen LogP contribution in [-0.4, -0.2) is 10.8 Å². The molecular formula is C24H24FNO3. The monoisotopic (exact) mass is 393 g/mol. The molecular weight excluding hydrogens is 369 g/mol. The van der Waals surface area contributed by atoms with E-state index in [1.54, 1.807) is 35.2 Å². The Hall–Kier alpha value is -2.95. The normalized spacial score (nSPS) is 14.8. The molecule has 0 unspecified atom stereocenters. The van der Waals surface area contributed by atoms with Gasteiger partial charge in [-0.1, -0.05) is 43.5 Å². The molecule has 0 saturated heterocycles. The Morgan fingerprint density at radius 3 is 2.48 bits per heavy atom. The van der Waals surface area contributed by atoms with Gasteiger partial charge in [-0.25, -0.2) is 4.39 Å². The van der Waals surface area contributed by atoms with E-state index in [1.165, 1.54) is 18.4 Å². The number of nitrogens with zero attached hydrogens (tertiary/aromatic N) is 1. The van der Waals surface area contributed by atoms with Gasteiger partial charge < -0.3 is 9.32 Å². The highest BCUT2D eigenvalue weighted by atomic mass is 19.1. The molecule has 5 heteroatoms. The Labute approximate surface area is 169 Å². The summed E-state index contributed by atoms with van der Waals surface area (Å²) in [4.78, 5) is 27.9. The van der Waals surface area contributed by atoms with Crippen molar-refractivity contribution < 1.29 is 13.6 Å². The van der Waals surface area contributed by atoms with Gasteiger partial charge in [-0.15, -0.1) is 0 Å². The van der Waals surface area contributed by atoms with Crippen LogP contribution in [0.1, 0.15) is 43.2 Å². The van der Waals surface area contributed by atoms with Crippen molar-refractivity contribution in [1.29, 1.82) is 0 Å². The first kappa shape index (κ1) is 19.4. The van der Waals surface area contributed by atoms with E-state index in [4.69, 9.17) is 4.42 Å². The lowest BCUT2D eigenvalue weighted by atomic mass is 9.88. The topological polar surface area (TPSA) is 50.5 Å². The van der Waals surface area contributed by atoms with Gasteiger partial charge in [-0.2, -0.15) is 0 Å². The van der Waals surface area contributed by atoms with Gasteiger partial charge in [0.05, 0.1) is 23.8 Å². The molecule has 1 amide bonds. The predicted octanol–water partition coefficient (Wildman–Crippen LogP) is 5.04. The number of fused-ring (bicyclic) bond motifs is 1. The highest BCUT2D eigenvalue weighted by Gasteiger charge is 2.27. The summed E-state index contributed by atoms with van der Waals surface area (Å²) in [5, 5.41) is 0.511. The molecule has 1 aliphatic rings. The van der Waals surface area contributed by atoms with Crippen molar-refractivity contribution in [2.75, 3.05) is 0 Å². The summed E-state index contributed by atoms with van der Waals surface area (Å²) in [6.07, 6.45) is 6.49. The van der Waals surface area contributed by atoms with Gasteiger partial charge in [0.1, 0.15) is 11.4 Å². The maximum Gasteiger partial charge on any atom is 0.226 e. The van der Waals surface area contributed by atoms with E-state index in [-0.39, 0.29) is 29.6 Å². The van der Waals surface area contributed by atoms with E-state index in [2.05, 4.69) is 0 Å². The highest BCUT2D eigenvalue weighted by molar-refractivity contribution is 5.79. The molecule has 0 spiro atoms.